The standard InChI is InChI=1S/C17H24N2O3/c1-2-18-16(20)8-10-19-9-4-6-14(19)13-5-3-7-15-17(13)22-12-11-21-15/h3,5,7,14H,2,4,6,8-12H2,1H3,(H,18,20)/t14-/m0/s1. The van der Waals surface area contributed by atoms with E-state index in [1.54, 1.807) is 0 Å². The third-order valence-corrected chi connectivity index (χ3v) is 4.32. The Morgan fingerprint density at radius 2 is 2.23 bits per heavy atom. The molecule has 1 saturated heterocycles. The minimum atomic E-state index is 0.128. The van der Waals surface area contributed by atoms with E-state index in [2.05, 4.69) is 16.3 Å². The zero-order chi connectivity index (χ0) is 15.4. The molecule has 2 aliphatic rings. The number of amides is 1. The van der Waals surface area contributed by atoms with Crippen LogP contribution >= 0.6 is 0 Å². The van der Waals surface area contributed by atoms with Crippen LogP contribution < -0.4 is 14.8 Å². The number of benzene rings is 1. The van der Waals surface area contributed by atoms with Gasteiger partial charge >= 0.3 is 0 Å². The van der Waals surface area contributed by atoms with Crippen molar-refractivity contribution < 1.29 is 14.3 Å². The fourth-order valence-electron chi connectivity index (χ4n) is 3.34. The average Bonchev–Trinajstić information content (AvgIpc) is 3.01. The molecule has 0 aliphatic carbocycles. The number of ether oxygens (including phenoxy) is 2. The number of carbonyl (C=O) groups is 1. The normalized spacial score (nSPS) is 20.9. The van der Waals surface area contributed by atoms with Gasteiger partial charge < -0.3 is 14.8 Å². The van der Waals surface area contributed by atoms with Crippen LogP contribution in [0.3, 0.4) is 0 Å². The molecule has 1 N–H and O–H groups in total. The fraction of sp³-hybridized carbons (Fsp3) is 0.588. The Kier molecular flexibility index (Phi) is 4.83. The van der Waals surface area contributed by atoms with E-state index in [1.165, 1.54) is 5.56 Å². The molecule has 1 aromatic carbocycles. The summed E-state index contributed by atoms with van der Waals surface area (Å²) < 4.78 is 11.5. The Morgan fingerprint density at radius 1 is 1.36 bits per heavy atom. The van der Waals surface area contributed by atoms with E-state index in [9.17, 15) is 4.79 Å². The first-order chi connectivity index (χ1) is 10.8. The van der Waals surface area contributed by atoms with Crippen LogP contribution in [0.15, 0.2) is 18.2 Å². The zero-order valence-electron chi connectivity index (χ0n) is 13.1. The number of nitrogens with one attached hydrogen (secondary N) is 1. The first-order valence-electron chi connectivity index (χ1n) is 8.19. The third kappa shape index (κ3) is 3.19. The van der Waals surface area contributed by atoms with Crippen LogP contribution in [0.1, 0.15) is 37.8 Å². The molecule has 22 heavy (non-hydrogen) atoms. The molecule has 120 valence electrons. The third-order valence-electron chi connectivity index (χ3n) is 4.32. The SMILES string of the molecule is CCNC(=O)CCN1CCC[C@H]1c1cccc2c1OCCO2. The van der Waals surface area contributed by atoms with Crippen LogP contribution in [0.5, 0.6) is 11.5 Å². The van der Waals surface area contributed by atoms with Crippen LogP contribution in [0, 0.1) is 0 Å². The molecular weight excluding hydrogens is 280 g/mol. The molecule has 0 saturated carbocycles. The summed E-state index contributed by atoms with van der Waals surface area (Å²) in [5.41, 5.74) is 1.20. The van der Waals surface area contributed by atoms with Gasteiger partial charge in [-0.3, -0.25) is 9.69 Å². The van der Waals surface area contributed by atoms with Gasteiger partial charge in [-0.05, 0) is 32.4 Å². The van der Waals surface area contributed by atoms with Gasteiger partial charge in [-0.2, -0.15) is 0 Å². The van der Waals surface area contributed by atoms with Crippen molar-refractivity contribution in [1.82, 2.24) is 10.2 Å². The molecule has 1 fully saturated rings. The summed E-state index contributed by atoms with van der Waals surface area (Å²) in [5, 5.41) is 2.86. The first-order valence-corrected chi connectivity index (χ1v) is 8.19. The number of carbonyl (C=O) groups excluding carboxylic acids is 1. The van der Waals surface area contributed by atoms with E-state index >= 15 is 0 Å². The molecule has 5 heteroatoms. The molecule has 0 bridgehead atoms. The Balaban J connectivity index is 1.72. The number of hydrogen-bond donors (Lipinski definition) is 1. The largest absolute Gasteiger partial charge is 0.486 e. The lowest BCUT2D eigenvalue weighted by Gasteiger charge is -2.28. The molecule has 0 spiro atoms. The summed E-state index contributed by atoms with van der Waals surface area (Å²) in [6.45, 7) is 5.69. The number of likely N-dealkylation sites (tertiary alicyclic amines) is 1. The monoisotopic (exact) mass is 304 g/mol. The van der Waals surface area contributed by atoms with Crippen LogP contribution in [-0.4, -0.2) is 43.7 Å². The van der Waals surface area contributed by atoms with E-state index in [0.717, 1.165) is 37.4 Å². The minimum absolute atomic E-state index is 0.128. The maximum absolute atomic E-state index is 11.7. The van der Waals surface area contributed by atoms with Crippen molar-refractivity contribution in [3.8, 4) is 11.5 Å². The van der Waals surface area contributed by atoms with Gasteiger partial charge in [0.25, 0.3) is 0 Å². The minimum Gasteiger partial charge on any atom is -0.486 e. The molecule has 2 aliphatic heterocycles. The highest BCUT2D eigenvalue weighted by molar-refractivity contribution is 5.75. The maximum Gasteiger partial charge on any atom is 0.221 e. The molecule has 1 aromatic rings. The van der Waals surface area contributed by atoms with Gasteiger partial charge in [0.05, 0.1) is 0 Å². The van der Waals surface area contributed by atoms with Crippen molar-refractivity contribution in [2.75, 3.05) is 32.8 Å². The predicted molar refractivity (Wildman–Crippen MR) is 84.3 cm³/mol. The number of fused-ring (bicyclic) bond motifs is 1. The molecule has 0 unspecified atom stereocenters. The molecule has 5 nitrogen and oxygen atoms in total. The van der Waals surface area contributed by atoms with Crippen molar-refractivity contribution >= 4 is 5.91 Å². The highest BCUT2D eigenvalue weighted by Crippen LogP contribution is 2.42. The number of para-hydroxylation sites is 1. The predicted octanol–water partition coefficient (Wildman–Crippen LogP) is 2.12. The van der Waals surface area contributed by atoms with Gasteiger partial charge in [-0.15, -0.1) is 0 Å². The van der Waals surface area contributed by atoms with Gasteiger partial charge in [0.1, 0.15) is 13.2 Å². The smallest absolute Gasteiger partial charge is 0.221 e. The summed E-state index contributed by atoms with van der Waals surface area (Å²) >= 11 is 0. The topological polar surface area (TPSA) is 50.8 Å². The van der Waals surface area contributed by atoms with E-state index in [-0.39, 0.29) is 5.91 Å². The van der Waals surface area contributed by atoms with Gasteiger partial charge in [0, 0.05) is 31.1 Å². The van der Waals surface area contributed by atoms with Crippen molar-refractivity contribution in [3.05, 3.63) is 23.8 Å². The molecule has 2 heterocycles. The molecule has 1 atom stereocenters. The molecule has 0 aromatic heterocycles. The number of nitrogens with zero attached hydrogens (tertiary/aromatic N) is 1. The van der Waals surface area contributed by atoms with Gasteiger partial charge in [0.2, 0.25) is 5.91 Å². The maximum atomic E-state index is 11.7. The summed E-state index contributed by atoms with van der Waals surface area (Å²) in [7, 11) is 0. The van der Waals surface area contributed by atoms with Gasteiger partial charge in [-0.25, -0.2) is 0 Å². The second-order valence-electron chi connectivity index (χ2n) is 5.77. The zero-order valence-corrected chi connectivity index (χ0v) is 13.1. The molecule has 1 amide bonds. The number of hydrogen-bond acceptors (Lipinski definition) is 4. The van der Waals surface area contributed by atoms with Crippen molar-refractivity contribution in [1.29, 1.82) is 0 Å². The van der Waals surface area contributed by atoms with Crippen LogP contribution in [0.4, 0.5) is 0 Å². The summed E-state index contributed by atoms with van der Waals surface area (Å²) in [6, 6.07) is 6.45. The molecular formula is C17H24N2O3. The lowest BCUT2D eigenvalue weighted by molar-refractivity contribution is -0.121. The highest BCUT2D eigenvalue weighted by atomic mass is 16.6. The number of rotatable bonds is 5. The van der Waals surface area contributed by atoms with Crippen molar-refractivity contribution in [2.24, 2.45) is 0 Å². The Hall–Kier alpha value is -1.75. The first kappa shape index (κ1) is 15.2. The van der Waals surface area contributed by atoms with E-state index in [0.29, 0.717) is 32.2 Å². The van der Waals surface area contributed by atoms with Crippen LogP contribution in [0.2, 0.25) is 0 Å². The Labute approximate surface area is 131 Å². The van der Waals surface area contributed by atoms with E-state index < -0.39 is 0 Å². The Morgan fingerprint density at radius 3 is 3.09 bits per heavy atom. The quantitative estimate of drug-likeness (QED) is 0.905. The lowest BCUT2D eigenvalue weighted by atomic mass is 10.0. The average molecular weight is 304 g/mol. The summed E-state index contributed by atoms with van der Waals surface area (Å²) in [4.78, 5) is 14.1. The lowest BCUT2D eigenvalue weighted by Crippen LogP contribution is -2.31. The second-order valence-corrected chi connectivity index (χ2v) is 5.77. The fourth-order valence-corrected chi connectivity index (χ4v) is 3.34. The summed E-state index contributed by atoms with van der Waals surface area (Å²) in [5.74, 6) is 1.87. The highest BCUT2D eigenvalue weighted by Gasteiger charge is 2.30. The van der Waals surface area contributed by atoms with Crippen molar-refractivity contribution in [2.45, 2.75) is 32.2 Å². The van der Waals surface area contributed by atoms with E-state index in [1.807, 2.05) is 19.1 Å². The molecule has 3 rings (SSSR count). The van der Waals surface area contributed by atoms with Crippen LogP contribution in [-0.2, 0) is 4.79 Å². The van der Waals surface area contributed by atoms with Gasteiger partial charge in [0.15, 0.2) is 11.5 Å². The van der Waals surface area contributed by atoms with Crippen molar-refractivity contribution in [3.63, 3.8) is 0 Å². The van der Waals surface area contributed by atoms with Crippen LogP contribution in [0.25, 0.3) is 0 Å². The summed E-state index contributed by atoms with van der Waals surface area (Å²) in [6.07, 6.45) is 2.82. The van der Waals surface area contributed by atoms with Gasteiger partial charge in [-0.1, -0.05) is 12.1 Å². The molecule has 0 radical (unpaired) electrons. The van der Waals surface area contributed by atoms with E-state index in [4.69, 9.17) is 9.47 Å². The second kappa shape index (κ2) is 7.01. The Bertz CT molecular complexity index is 533.